The molecule has 3 nitrogen and oxygen atoms in total. The van der Waals surface area contributed by atoms with Crippen LogP contribution in [0.1, 0.15) is 31.4 Å². The van der Waals surface area contributed by atoms with E-state index in [-0.39, 0.29) is 0 Å². The molecule has 1 aromatic rings. The van der Waals surface area contributed by atoms with E-state index in [9.17, 15) is 0 Å². The molecule has 2 heterocycles. The van der Waals surface area contributed by atoms with Crippen LogP contribution in [0.4, 0.5) is 0 Å². The number of hydrogen-bond acceptors (Lipinski definition) is 3. The van der Waals surface area contributed by atoms with E-state index in [2.05, 4.69) is 40.2 Å². The minimum Gasteiger partial charge on any atom is -0.314 e. The van der Waals surface area contributed by atoms with Gasteiger partial charge in [-0.2, -0.15) is 0 Å². The maximum atomic E-state index is 6.25. The van der Waals surface area contributed by atoms with Crippen LogP contribution in [0.25, 0.3) is 0 Å². The maximum absolute atomic E-state index is 6.25. The van der Waals surface area contributed by atoms with E-state index in [4.69, 9.17) is 11.6 Å². The van der Waals surface area contributed by atoms with Gasteiger partial charge in [-0.25, -0.2) is 0 Å². The van der Waals surface area contributed by atoms with Crippen molar-refractivity contribution < 1.29 is 0 Å². The van der Waals surface area contributed by atoms with Crippen LogP contribution >= 0.6 is 11.6 Å². The fourth-order valence-corrected chi connectivity index (χ4v) is 4.04. The van der Waals surface area contributed by atoms with Crippen molar-refractivity contribution in [3.05, 3.63) is 34.9 Å². The van der Waals surface area contributed by atoms with Gasteiger partial charge in [-0.3, -0.25) is 4.90 Å². The lowest BCUT2D eigenvalue weighted by Crippen LogP contribution is -2.49. The first-order valence-electron chi connectivity index (χ1n) is 8.65. The summed E-state index contributed by atoms with van der Waals surface area (Å²) >= 11 is 6.25. The molecule has 0 aromatic heterocycles. The van der Waals surface area contributed by atoms with Gasteiger partial charge in [0.2, 0.25) is 0 Å². The highest BCUT2D eigenvalue weighted by Crippen LogP contribution is 2.27. The van der Waals surface area contributed by atoms with Crippen LogP contribution < -0.4 is 5.32 Å². The number of nitrogens with one attached hydrogen (secondary N) is 1. The molecule has 2 unspecified atom stereocenters. The largest absolute Gasteiger partial charge is 0.314 e. The van der Waals surface area contributed by atoms with Crippen molar-refractivity contribution in [3.8, 4) is 0 Å². The Labute approximate surface area is 139 Å². The highest BCUT2D eigenvalue weighted by molar-refractivity contribution is 6.30. The summed E-state index contributed by atoms with van der Waals surface area (Å²) in [5.74, 6) is 0.830. The van der Waals surface area contributed by atoms with Gasteiger partial charge in [0.1, 0.15) is 0 Å². The SMILES string of the molecule is CC1CCCN(CC(c2cccc(Cl)c2)N2CCNCC2)C1. The number of halogens is 1. The number of nitrogens with zero attached hydrogens (tertiary/aromatic N) is 2. The van der Waals surface area contributed by atoms with Crippen molar-refractivity contribution in [2.45, 2.75) is 25.8 Å². The fraction of sp³-hybridized carbons (Fsp3) is 0.667. The summed E-state index contributed by atoms with van der Waals surface area (Å²) in [4.78, 5) is 5.28. The van der Waals surface area contributed by atoms with Gasteiger partial charge in [-0.1, -0.05) is 30.7 Å². The molecule has 0 amide bonds. The van der Waals surface area contributed by atoms with E-state index in [1.54, 1.807) is 0 Å². The second-order valence-corrected chi connectivity index (χ2v) is 7.30. The molecule has 0 spiro atoms. The minimum absolute atomic E-state index is 0.464. The van der Waals surface area contributed by atoms with Gasteiger partial charge in [-0.15, -0.1) is 0 Å². The summed E-state index contributed by atoms with van der Waals surface area (Å²) in [6.07, 6.45) is 2.72. The molecule has 0 radical (unpaired) electrons. The van der Waals surface area contributed by atoms with Gasteiger partial charge >= 0.3 is 0 Å². The van der Waals surface area contributed by atoms with Gasteiger partial charge in [0.15, 0.2) is 0 Å². The van der Waals surface area contributed by atoms with Gasteiger partial charge < -0.3 is 10.2 Å². The number of rotatable bonds is 4. The summed E-state index contributed by atoms with van der Waals surface area (Å²) < 4.78 is 0. The number of hydrogen-bond donors (Lipinski definition) is 1. The Kier molecular flexibility index (Phi) is 5.75. The molecule has 4 heteroatoms. The summed E-state index contributed by atoms with van der Waals surface area (Å²) in [7, 11) is 0. The Morgan fingerprint density at radius 2 is 2.09 bits per heavy atom. The maximum Gasteiger partial charge on any atom is 0.0476 e. The average Bonchev–Trinajstić information content (AvgIpc) is 2.53. The van der Waals surface area contributed by atoms with E-state index in [1.165, 1.54) is 31.5 Å². The van der Waals surface area contributed by atoms with Gasteiger partial charge in [0.25, 0.3) is 0 Å². The monoisotopic (exact) mass is 321 g/mol. The summed E-state index contributed by atoms with van der Waals surface area (Å²) in [5.41, 5.74) is 1.37. The van der Waals surface area contributed by atoms with Gasteiger partial charge in [0.05, 0.1) is 0 Å². The zero-order chi connectivity index (χ0) is 15.4. The molecule has 1 N–H and O–H groups in total. The summed E-state index contributed by atoms with van der Waals surface area (Å²) in [6.45, 7) is 10.4. The third kappa shape index (κ3) is 4.23. The third-order valence-corrected chi connectivity index (χ3v) is 5.23. The first-order chi connectivity index (χ1) is 10.7. The normalized spacial score (nSPS) is 26.0. The molecule has 1 aromatic carbocycles. The predicted octanol–water partition coefficient (Wildman–Crippen LogP) is 3.02. The van der Waals surface area contributed by atoms with Crippen LogP contribution in [0.3, 0.4) is 0 Å². The molecule has 0 aliphatic carbocycles. The van der Waals surface area contributed by atoms with Crippen molar-refractivity contribution in [1.29, 1.82) is 0 Å². The quantitative estimate of drug-likeness (QED) is 0.919. The molecule has 2 atom stereocenters. The number of piperazine rings is 1. The molecule has 2 saturated heterocycles. The van der Waals surface area contributed by atoms with Crippen molar-refractivity contribution in [1.82, 2.24) is 15.1 Å². The van der Waals surface area contributed by atoms with Crippen molar-refractivity contribution in [2.75, 3.05) is 45.8 Å². The number of piperidine rings is 1. The molecule has 22 heavy (non-hydrogen) atoms. The summed E-state index contributed by atoms with van der Waals surface area (Å²) in [6, 6.07) is 8.92. The van der Waals surface area contributed by atoms with Crippen LogP contribution in [0.2, 0.25) is 5.02 Å². The Morgan fingerprint density at radius 3 is 2.82 bits per heavy atom. The first kappa shape index (κ1) is 16.3. The second-order valence-electron chi connectivity index (χ2n) is 6.86. The van der Waals surface area contributed by atoms with Crippen molar-refractivity contribution in [2.24, 2.45) is 5.92 Å². The van der Waals surface area contributed by atoms with E-state index < -0.39 is 0 Å². The number of likely N-dealkylation sites (tertiary alicyclic amines) is 1. The topological polar surface area (TPSA) is 18.5 Å². The number of benzene rings is 1. The van der Waals surface area contributed by atoms with Crippen LogP contribution in [-0.2, 0) is 0 Å². The van der Waals surface area contributed by atoms with Crippen molar-refractivity contribution in [3.63, 3.8) is 0 Å². The second kappa shape index (κ2) is 7.78. The molecular formula is C18H28ClN3. The van der Waals surface area contributed by atoms with E-state index in [0.717, 1.165) is 43.7 Å². The lowest BCUT2D eigenvalue weighted by atomic mass is 9.98. The zero-order valence-corrected chi connectivity index (χ0v) is 14.4. The minimum atomic E-state index is 0.464. The van der Waals surface area contributed by atoms with Gasteiger partial charge in [-0.05, 0) is 43.0 Å². The lowest BCUT2D eigenvalue weighted by Gasteiger charge is -2.40. The average molecular weight is 322 g/mol. The highest BCUT2D eigenvalue weighted by Gasteiger charge is 2.26. The molecular weight excluding hydrogens is 294 g/mol. The predicted molar refractivity (Wildman–Crippen MR) is 93.5 cm³/mol. The summed E-state index contributed by atoms with van der Waals surface area (Å²) in [5, 5.41) is 4.31. The Bertz CT molecular complexity index is 473. The molecule has 0 saturated carbocycles. The Hall–Kier alpha value is -0.610. The molecule has 3 rings (SSSR count). The van der Waals surface area contributed by atoms with Gasteiger partial charge in [0, 0.05) is 50.3 Å². The fourth-order valence-electron chi connectivity index (χ4n) is 3.84. The standard InChI is InChI=1S/C18H28ClN3/c1-15-4-3-9-21(13-15)14-18(22-10-7-20-8-11-22)16-5-2-6-17(19)12-16/h2,5-6,12,15,18,20H,3-4,7-11,13-14H2,1H3. The Morgan fingerprint density at radius 1 is 1.27 bits per heavy atom. The molecule has 2 aliphatic rings. The smallest absolute Gasteiger partial charge is 0.0476 e. The van der Waals surface area contributed by atoms with E-state index in [0.29, 0.717) is 6.04 Å². The molecule has 2 fully saturated rings. The highest BCUT2D eigenvalue weighted by atomic mass is 35.5. The molecule has 122 valence electrons. The molecule has 0 bridgehead atoms. The Balaban J connectivity index is 1.76. The first-order valence-corrected chi connectivity index (χ1v) is 9.03. The molecule has 2 aliphatic heterocycles. The van der Waals surface area contributed by atoms with E-state index >= 15 is 0 Å². The van der Waals surface area contributed by atoms with Crippen LogP contribution in [0, 0.1) is 5.92 Å². The third-order valence-electron chi connectivity index (χ3n) is 5.00. The zero-order valence-electron chi connectivity index (χ0n) is 13.6. The van der Waals surface area contributed by atoms with Crippen molar-refractivity contribution >= 4 is 11.6 Å². The lowest BCUT2D eigenvalue weighted by molar-refractivity contribution is 0.100. The van der Waals surface area contributed by atoms with Crippen LogP contribution in [0.5, 0.6) is 0 Å². The van der Waals surface area contributed by atoms with E-state index in [1.807, 2.05) is 6.07 Å². The van der Waals surface area contributed by atoms with Crippen LogP contribution in [-0.4, -0.2) is 55.6 Å². The van der Waals surface area contributed by atoms with Crippen LogP contribution in [0.15, 0.2) is 24.3 Å².